The molecule has 0 fully saturated rings. The summed E-state index contributed by atoms with van der Waals surface area (Å²) in [6, 6.07) is 0. The van der Waals surface area contributed by atoms with Gasteiger partial charge < -0.3 is 9.29 Å². The van der Waals surface area contributed by atoms with Gasteiger partial charge in [0.05, 0.1) is 6.10 Å². The molecule has 1 N–H and O–H groups in total. The molecule has 0 saturated heterocycles. The van der Waals surface area contributed by atoms with E-state index in [1.807, 2.05) is 0 Å². The molecule has 7 heteroatoms. The first kappa shape index (κ1) is 24.6. The van der Waals surface area contributed by atoms with E-state index in [1.54, 1.807) is 0 Å². The zero-order valence-electron chi connectivity index (χ0n) is 13.3. The summed E-state index contributed by atoms with van der Waals surface area (Å²) in [6.45, 7) is 3.53. The monoisotopic (exact) mass is 346 g/mol. The van der Waals surface area contributed by atoms with Crippen LogP contribution in [0.15, 0.2) is 0 Å². The summed E-state index contributed by atoms with van der Waals surface area (Å²) in [5.41, 5.74) is 0. The third kappa shape index (κ3) is 16.7. The Hall–Kier alpha value is 0.380. The summed E-state index contributed by atoms with van der Waals surface area (Å²) < 4.78 is 27.0. The standard InChI is InChI=1S/C15H30O5S.Na.H/c1-3-4-5-6-7-8-9-10-11-12-15(17)20-21(18,19)13-14(2)16;;/h14,16H,3-13H2,1-2H3;;. The Bertz CT molecular complexity index is 368. The fourth-order valence-electron chi connectivity index (χ4n) is 2.09. The van der Waals surface area contributed by atoms with Gasteiger partial charge in [0.2, 0.25) is 0 Å². The normalized spacial score (nSPS) is 12.5. The van der Waals surface area contributed by atoms with Gasteiger partial charge in [-0.25, -0.2) is 0 Å². The molecule has 0 rings (SSSR count). The molecule has 0 aliphatic carbocycles. The first-order valence-electron chi connectivity index (χ1n) is 8.00. The van der Waals surface area contributed by atoms with E-state index in [2.05, 4.69) is 11.1 Å². The number of hydrogen-bond acceptors (Lipinski definition) is 5. The van der Waals surface area contributed by atoms with Gasteiger partial charge in [-0.05, 0) is 13.3 Å². The van der Waals surface area contributed by atoms with Crippen LogP contribution in [0, 0.1) is 0 Å². The summed E-state index contributed by atoms with van der Waals surface area (Å²) in [5, 5.41) is 8.98. The molecular weight excluding hydrogens is 315 g/mol. The van der Waals surface area contributed by atoms with E-state index in [1.165, 1.54) is 45.4 Å². The predicted octanol–water partition coefficient (Wildman–Crippen LogP) is 2.51. The van der Waals surface area contributed by atoms with Crippen LogP contribution < -0.4 is 0 Å². The molecule has 22 heavy (non-hydrogen) atoms. The van der Waals surface area contributed by atoms with E-state index in [4.69, 9.17) is 5.11 Å². The van der Waals surface area contributed by atoms with Crippen molar-refractivity contribution >= 4 is 45.6 Å². The molecule has 5 nitrogen and oxygen atoms in total. The van der Waals surface area contributed by atoms with Crippen molar-refractivity contribution in [3.05, 3.63) is 0 Å². The molecule has 1 atom stereocenters. The molecule has 0 saturated carbocycles. The molecule has 0 radical (unpaired) electrons. The van der Waals surface area contributed by atoms with Crippen LogP contribution in [0.3, 0.4) is 0 Å². The van der Waals surface area contributed by atoms with Gasteiger partial charge in [0.1, 0.15) is 5.75 Å². The van der Waals surface area contributed by atoms with Crippen LogP contribution in [-0.2, 0) is 19.1 Å². The Morgan fingerprint density at radius 1 is 1.00 bits per heavy atom. The van der Waals surface area contributed by atoms with Gasteiger partial charge >= 0.3 is 45.6 Å². The molecule has 0 amide bonds. The maximum absolute atomic E-state index is 11.4. The van der Waals surface area contributed by atoms with Crippen LogP contribution in [0.5, 0.6) is 0 Å². The van der Waals surface area contributed by atoms with Crippen molar-refractivity contribution in [2.45, 2.75) is 84.2 Å². The van der Waals surface area contributed by atoms with Gasteiger partial charge in [0.25, 0.3) is 0 Å². The molecule has 128 valence electrons. The van der Waals surface area contributed by atoms with Crippen LogP contribution in [-0.4, -0.2) is 60.9 Å². The zero-order chi connectivity index (χ0) is 16.1. The second-order valence-electron chi connectivity index (χ2n) is 5.61. The molecule has 0 aromatic carbocycles. The Morgan fingerprint density at radius 2 is 1.45 bits per heavy atom. The predicted molar refractivity (Wildman–Crippen MR) is 90.6 cm³/mol. The summed E-state index contributed by atoms with van der Waals surface area (Å²) in [4.78, 5) is 11.4. The fraction of sp³-hybridized carbons (Fsp3) is 0.933. The average molecular weight is 346 g/mol. The van der Waals surface area contributed by atoms with Crippen molar-refractivity contribution in [3.63, 3.8) is 0 Å². The SMILES string of the molecule is CCCCCCCCCCCC(=O)OS(=O)(=O)CC(C)O.[NaH]. The van der Waals surface area contributed by atoms with Crippen LogP contribution in [0.4, 0.5) is 0 Å². The molecule has 0 bridgehead atoms. The topological polar surface area (TPSA) is 80.7 Å². The quantitative estimate of drug-likeness (QED) is 0.315. The average Bonchev–Trinajstić information content (AvgIpc) is 2.34. The summed E-state index contributed by atoms with van der Waals surface area (Å²) in [7, 11) is -3.94. The van der Waals surface area contributed by atoms with E-state index in [9.17, 15) is 13.2 Å². The maximum atomic E-state index is 11.4. The van der Waals surface area contributed by atoms with Crippen molar-refractivity contribution < 1.29 is 22.5 Å². The van der Waals surface area contributed by atoms with Gasteiger partial charge in [0, 0.05) is 6.42 Å². The summed E-state index contributed by atoms with van der Waals surface area (Å²) in [5.74, 6) is -1.27. The number of hydrogen-bond donors (Lipinski definition) is 1. The molecule has 0 aromatic heterocycles. The number of carbonyl (C=O) groups is 1. The van der Waals surface area contributed by atoms with E-state index >= 15 is 0 Å². The first-order chi connectivity index (χ1) is 9.87. The molecule has 0 aliphatic heterocycles. The molecule has 1 unspecified atom stereocenters. The number of rotatable bonds is 13. The van der Waals surface area contributed by atoms with E-state index in [0.29, 0.717) is 6.42 Å². The first-order valence-corrected chi connectivity index (χ1v) is 9.58. The number of unbranched alkanes of at least 4 members (excludes halogenated alkanes) is 8. The molecular formula is C15H31NaO5S. The zero-order valence-corrected chi connectivity index (χ0v) is 14.2. The van der Waals surface area contributed by atoms with Crippen LogP contribution in [0.25, 0.3) is 0 Å². The summed E-state index contributed by atoms with van der Waals surface area (Å²) in [6.07, 6.45) is 9.23. The molecule has 0 aliphatic rings. The Balaban J connectivity index is 0. The minimum absolute atomic E-state index is 0. The number of aliphatic hydroxyl groups excluding tert-OH is 1. The number of carbonyl (C=O) groups excluding carboxylic acids is 1. The third-order valence-corrected chi connectivity index (χ3v) is 4.48. The second kappa shape index (κ2) is 14.9. The minimum atomic E-state index is -3.94. The van der Waals surface area contributed by atoms with Gasteiger partial charge in [-0.1, -0.05) is 58.3 Å². The van der Waals surface area contributed by atoms with Crippen LogP contribution >= 0.6 is 0 Å². The van der Waals surface area contributed by atoms with Crippen molar-refractivity contribution in [3.8, 4) is 0 Å². The molecule has 0 aromatic rings. The van der Waals surface area contributed by atoms with Crippen molar-refractivity contribution in [2.24, 2.45) is 0 Å². The van der Waals surface area contributed by atoms with Crippen LogP contribution in [0.1, 0.15) is 78.1 Å². The van der Waals surface area contributed by atoms with E-state index < -0.39 is 27.9 Å². The van der Waals surface area contributed by atoms with E-state index in [-0.39, 0.29) is 36.0 Å². The number of aliphatic hydroxyl groups is 1. The third-order valence-electron chi connectivity index (χ3n) is 3.15. The van der Waals surface area contributed by atoms with Gasteiger partial charge in [-0.2, -0.15) is 8.42 Å². The van der Waals surface area contributed by atoms with Gasteiger partial charge in [0.15, 0.2) is 0 Å². The second-order valence-corrected chi connectivity index (χ2v) is 7.22. The van der Waals surface area contributed by atoms with Crippen molar-refractivity contribution in [1.82, 2.24) is 0 Å². The van der Waals surface area contributed by atoms with Crippen LogP contribution in [0.2, 0.25) is 0 Å². The summed E-state index contributed by atoms with van der Waals surface area (Å²) >= 11 is 0. The van der Waals surface area contributed by atoms with E-state index in [0.717, 1.165) is 12.8 Å². The molecule has 0 spiro atoms. The fourth-order valence-corrected chi connectivity index (χ4v) is 3.12. The van der Waals surface area contributed by atoms with Gasteiger partial charge in [-0.15, -0.1) is 0 Å². The van der Waals surface area contributed by atoms with Crippen molar-refractivity contribution in [2.75, 3.05) is 5.75 Å². The Labute approximate surface area is 157 Å². The Morgan fingerprint density at radius 3 is 1.91 bits per heavy atom. The van der Waals surface area contributed by atoms with Gasteiger partial charge in [-0.3, -0.25) is 4.79 Å². The van der Waals surface area contributed by atoms with Crippen molar-refractivity contribution in [1.29, 1.82) is 0 Å². The molecule has 0 heterocycles. The Kier molecular flexibility index (Phi) is 16.7.